The zero-order chi connectivity index (χ0) is 10.4. The van der Waals surface area contributed by atoms with Crippen LogP contribution in [0.3, 0.4) is 0 Å². The number of carbonyl (C=O) groups is 2. The molecule has 5 heteroatoms. The highest BCUT2D eigenvalue weighted by atomic mass is 16.5. The number of amides is 1. The van der Waals surface area contributed by atoms with Gasteiger partial charge in [0.1, 0.15) is 0 Å². The van der Waals surface area contributed by atoms with Crippen LogP contribution in [0.1, 0.15) is 19.3 Å². The number of rotatable bonds is 4. The number of nitrogens with one attached hydrogen (secondary N) is 1. The molecule has 2 N–H and O–H groups in total. The smallest absolute Gasteiger partial charge is 0.305 e. The van der Waals surface area contributed by atoms with E-state index in [2.05, 4.69) is 5.32 Å². The molecule has 1 heterocycles. The molecule has 1 aliphatic rings. The first kappa shape index (κ1) is 11.0. The highest BCUT2D eigenvalue weighted by Gasteiger charge is 2.20. The van der Waals surface area contributed by atoms with Gasteiger partial charge in [-0.1, -0.05) is 0 Å². The van der Waals surface area contributed by atoms with Crippen LogP contribution in [-0.2, 0) is 14.3 Å². The molecule has 80 valence electrons. The van der Waals surface area contributed by atoms with Gasteiger partial charge in [-0.05, 0) is 12.8 Å². The summed E-state index contributed by atoms with van der Waals surface area (Å²) >= 11 is 0. The topological polar surface area (TPSA) is 75.6 Å². The maximum Gasteiger partial charge on any atom is 0.305 e. The normalized spacial score (nSPS) is 17.7. The van der Waals surface area contributed by atoms with Crippen molar-refractivity contribution in [3.8, 4) is 0 Å². The van der Waals surface area contributed by atoms with Crippen LogP contribution in [0.2, 0.25) is 0 Å². The fourth-order valence-corrected chi connectivity index (χ4v) is 1.40. The van der Waals surface area contributed by atoms with Gasteiger partial charge in [-0.15, -0.1) is 0 Å². The van der Waals surface area contributed by atoms with Gasteiger partial charge in [0.05, 0.1) is 6.42 Å². The van der Waals surface area contributed by atoms with Crippen molar-refractivity contribution in [2.24, 2.45) is 5.92 Å². The summed E-state index contributed by atoms with van der Waals surface area (Å²) in [5, 5.41) is 11.0. The molecule has 1 fully saturated rings. The number of carboxylic acids is 1. The fourth-order valence-electron chi connectivity index (χ4n) is 1.40. The molecular weight excluding hydrogens is 186 g/mol. The predicted molar refractivity (Wildman–Crippen MR) is 48.8 cm³/mol. The Morgan fingerprint density at radius 1 is 1.36 bits per heavy atom. The average Bonchev–Trinajstić information content (AvgIpc) is 2.18. The Balaban J connectivity index is 2.16. The molecule has 0 aliphatic carbocycles. The molecule has 5 nitrogen and oxygen atoms in total. The van der Waals surface area contributed by atoms with Gasteiger partial charge in [0.15, 0.2) is 0 Å². The van der Waals surface area contributed by atoms with Crippen LogP contribution < -0.4 is 5.32 Å². The van der Waals surface area contributed by atoms with E-state index in [0.29, 0.717) is 13.2 Å². The third kappa shape index (κ3) is 3.74. The van der Waals surface area contributed by atoms with Crippen LogP contribution in [0.25, 0.3) is 0 Å². The Labute approximate surface area is 82.4 Å². The average molecular weight is 201 g/mol. The number of hydrogen-bond donors (Lipinski definition) is 2. The predicted octanol–water partition coefficient (Wildman–Crippen LogP) is 0.00390. The first-order chi connectivity index (χ1) is 6.70. The Morgan fingerprint density at radius 3 is 2.57 bits per heavy atom. The van der Waals surface area contributed by atoms with Crippen LogP contribution in [0.5, 0.6) is 0 Å². The number of ether oxygens (including phenoxy) is 1. The van der Waals surface area contributed by atoms with E-state index in [0.717, 1.165) is 12.8 Å². The second kappa shape index (κ2) is 5.59. The summed E-state index contributed by atoms with van der Waals surface area (Å²) in [5.41, 5.74) is 0. The van der Waals surface area contributed by atoms with E-state index in [1.165, 1.54) is 0 Å². The van der Waals surface area contributed by atoms with Crippen molar-refractivity contribution in [3.63, 3.8) is 0 Å². The highest BCUT2D eigenvalue weighted by molar-refractivity contribution is 5.79. The van der Waals surface area contributed by atoms with E-state index in [9.17, 15) is 9.59 Å². The highest BCUT2D eigenvalue weighted by Crippen LogP contribution is 2.14. The van der Waals surface area contributed by atoms with E-state index >= 15 is 0 Å². The van der Waals surface area contributed by atoms with Crippen LogP contribution in [0, 0.1) is 5.92 Å². The van der Waals surface area contributed by atoms with E-state index in [1.807, 2.05) is 0 Å². The second-order valence-electron chi connectivity index (χ2n) is 3.32. The number of carbonyl (C=O) groups excluding carboxylic acids is 1. The summed E-state index contributed by atoms with van der Waals surface area (Å²) in [5.74, 6) is -0.940. The Kier molecular flexibility index (Phi) is 4.39. The van der Waals surface area contributed by atoms with Gasteiger partial charge in [-0.2, -0.15) is 0 Å². The lowest BCUT2D eigenvalue weighted by molar-refractivity contribution is -0.137. The minimum absolute atomic E-state index is 0.00227. The summed E-state index contributed by atoms with van der Waals surface area (Å²) < 4.78 is 5.12. The lowest BCUT2D eigenvalue weighted by atomic mass is 9.99. The summed E-state index contributed by atoms with van der Waals surface area (Å²) in [6.45, 7) is 1.46. The van der Waals surface area contributed by atoms with Crippen LogP contribution in [0.15, 0.2) is 0 Å². The fraction of sp³-hybridized carbons (Fsp3) is 0.778. The monoisotopic (exact) mass is 201 g/mol. The van der Waals surface area contributed by atoms with Crippen LogP contribution in [0.4, 0.5) is 0 Å². The lowest BCUT2D eigenvalue weighted by Crippen LogP contribution is -2.35. The molecule has 0 aromatic rings. The second-order valence-corrected chi connectivity index (χ2v) is 3.32. The van der Waals surface area contributed by atoms with E-state index < -0.39 is 5.97 Å². The molecule has 0 bridgehead atoms. The minimum atomic E-state index is -0.891. The molecule has 0 aromatic carbocycles. The standard InChI is InChI=1S/C9H15NO4/c11-8(12)1-4-10-9(13)7-2-5-14-6-3-7/h7H,1-6H2,(H,10,13)(H,11,12). The summed E-state index contributed by atoms with van der Waals surface area (Å²) in [7, 11) is 0. The van der Waals surface area contributed by atoms with Gasteiger partial charge in [-0.25, -0.2) is 0 Å². The van der Waals surface area contributed by atoms with Crippen LogP contribution in [-0.4, -0.2) is 36.7 Å². The van der Waals surface area contributed by atoms with Gasteiger partial charge in [0.25, 0.3) is 0 Å². The zero-order valence-electron chi connectivity index (χ0n) is 7.99. The van der Waals surface area contributed by atoms with Crippen molar-refractivity contribution in [1.29, 1.82) is 0 Å². The summed E-state index contributed by atoms with van der Waals surface area (Å²) in [6.07, 6.45) is 1.45. The van der Waals surface area contributed by atoms with Crippen molar-refractivity contribution < 1.29 is 19.4 Å². The molecule has 14 heavy (non-hydrogen) atoms. The van der Waals surface area contributed by atoms with Gasteiger partial charge >= 0.3 is 5.97 Å². The van der Waals surface area contributed by atoms with E-state index in [4.69, 9.17) is 9.84 Å². The third-order valence-corrected chi connectivity index (χ3v) is 2.23. The molecular formula is C9H15NO4. The Morgan fingerprint density at radius 2 is 2.00 bits per heavy atom. The van der Waals surface area contributed by atoms with Crippen molar-refractivity contribution >= 4 is 11.9 Å². The number of aliphatic carboxylic acids is 1. The lowest BCUT2D eigenvalue weighted by Gasteiger charge is -2.20. The van der Waals surface area contributed by atoms with Gasteiger partial charge < -0.3 is 15.2 Å². The molecule has 1 amide bonds. The van der Waals surface area contributed by atoms with Gasteiger partial charge in [-0.3, -0.25) is 9.59 Å². The molecule has 0 saturated carbocycles. The summed E-state index contributed by atoms with van der Waals surface area (Å²) in [6, 6.07) is 0. The molecule has 0 aromatic heterocycles. The van der Waals surface area contributed by atoms with Crippen LogP contribution >= 0.6 is 0 Å². The third-order valence-electron chi connectivity index (χ3n) is 2.23. The SMILES string of the molecule is O=C(O)CCNC(=O)C1CCOCC1. The minimum Gasteiger partial charge on any atom is -0.481 e. The Hall–Kier alpha value is -1.10. The van der Waals surface area contributed by atoms with E-state index in [-0.39, 0.29) is 24.8 Å². The van der Waals surface area contributed by atoms with Gasteiger partial charge in [0, 0.05) is 25.7 Å². The molecule has 1 saturated heterocycles. The zero-order valence-corrected chi connectivity index (χ0v) is 7.99. The Bertz CT molecular complexity index is 211. The number of hydrogen-bond acceptors (Lipinski definition) is 3. The van der Waals surface area contributed by atoms with Crippen molar-refractivity contribution in [2.75, 3.05) is 19.8 Å². The molecule has 0 unspecified atom stereocenters. The first-order valence-corrected chi connectivity index (χ1v) is 4.77. The van der Waals surface area contributed by atoms with Crippen molar-refractivity contribution in [2.45, 2.75) is 19.3 Å². The molecule has 0 radical (unpaired) electrons. The molecule has 1 rings (SSSR count). The maximum absolute atomic E-state index is 11.4. The van der Waals surface area contributed by atoms with Gasteiger partial charge in [0.2, 0.25) is 5.91 Å². The molecule has 1 aliphatic heterocycles. The maximum atomic E-state index is 11.4. The van der Waals surface area contributed by atoms with E-state index in [1.54, 1.807) is 0 Å². The molecule has 0 spiro atoms. The largest absolute Gasteiger partial charge is 0.481 e. The molecule has 0 atom stereocenters. The number of carboxylic acid groups (broad SMARTS) is 1. The summed E-state index contributed by atoms with van der Waals surface area (Å²) in [4.78, 5) is 21.6. The quantitative estimate of drug-likeness (QED) is 0.671. The van der Waals surface area contributed by atoms with Crippen molar-refractivity contribution in [3.05, 3.63) is 0 Å². The first-order valence-electron chi connectivity index (χ1n) is 4.77. The van der Waals surface area contributed by atoms with Crippen molar-refractivity contribution in [1.82, 2.24) is 5.32 Å².